The standard InChI is InChI=1S/C26H31NO6S2/c1-26(2,3)33-25(30)23(17-21-14-13-20(34-21)10-6-7-11-24(28)29)27-35(31,32)22-15-12-18-8-4-5-9-19(18)16-22/h4-5,8-9,12-16,23,27H,6-7,10-11,17H2,1-3H3,(H,28,29)/t23-/m0/s1. The zero-order valence-corrected chi connectivity index (χ0v) is 21.7. The number of hydrogen-bond donors (Lipinski definition) is 2. The molecular formula is C26H31NO6S2. The van der Waals surface area contributed by atoms with Crippen molar-refractivity contribution in [2.24, 2.45) is 0 Å². The number of benzene rings is 2. The Bertz CT molecular complexity index is 1290. The van der Waals surface area contributed by atoms with Gasteiger partial charge in [-0.3, -0.25) is 9.59 Å². The van der Waals surface area contributed by atoms with E-state index in [1.165, 1.54) is 17.4 Å². The van der Waals surface area contributed by atoms with Gasteiger partial charge in [0, 0.05) is 22.6 Å². The zero-order valence-electron chi connectivity index (χ0n) is 20.1. The van der Waals surface area contributed by atoms with Crippen LogP contribution in [0, 0.1) is 0 Å². The minimum absolute atomic E-state index is 0.0788. The molecule has 1 aromatic heterocycles. The number of carbonyl (C=O) groups excluding carboxylic acids is 1. The minimum atomic E-state index is -3.99. The average Bonchev–Trinajstić information content (AvgIpc) is 3.21. The Morgan fingerprint density at radius 1 is 1.00 bits per heavy atom. The molecule has 1 atom stereocenters. The number of esters is 1. The normalized spacial score (nSPS) is 13.0. The first kappa shape index (κ1) is 26.8. The third kappa shape index (κ3) is 8.16. The summed E-state index contributed by atoms with van der Waals surface area (Å²) in [5.74, 6) is -1.45. The van der Waals surface area contributed by atoms with Crippen LogP contribution in [0.2, 0.25) is 0 Å². The second kappa shape index (κ2) is 11.3. The summed E-state index contributed by atoms with van der Waals surface area (Å²) in [6, 6.07) is 15.0. The topological polar surface area (TPSA) is 110 Å². The molecule has 9 heteroatoms. The number of ether oxygens (including phenoxy) is 1. The molecule has 188 valence electrons. The van der Waals surface area contributed by atoms with Crippen molar-refractivity contribution in [3.63, 3.8) is 0 Å². The summed E-state index contributed by atoms with van der Waals surface area (Å²) in [5, 5.41) is 10.5. The number of rotatable bonds is 11. The van der Waals surface area contributed by atoms with Gasteiger partial charge in [0.2, 0.25) is 10.0 Å². The van der Waals surface area contributed by atoms with Gasteiger partial charge < -0.3 is 9.84 Å². The van der Waals surface area contributed by atoms with Crippen LogP contribution in [0.3, 0.4) is 0 Å². The first-order valence-electron chi connectivity index (χ1n) is 11.5. The van der Waals surface area contributed by atoms with E-state index in [1.54, 1.807) is 32.9 Å². The number of carboxylic acid groups (broad SMARTS) is 1. The van der Waals surface area contributed by atoms with Crippen molar-refractivity contribution in [3.8, 4) is 0 Å². The van der Waals surface area contributed by atoms with Gasteiger partial charge in [-0.1, -0.05) is 30.3 Å². The van der Waals surface area contributed by atoms with Crippen LogP contribution in [0.15, 0.2) is 59.5 Å². The number of sulfonamides is 1. The summed E-state index contributed by atoms with van der Waals surface area (Å²) < 4.78 is 34.5. The van der Waals surface area contributed by atoms with E-state index in [2.05, 4.69) is 4.72 Å². The van der Waals surface area contributed by atoms with Crippen molar-refractivity contribution in [2.45, 2.75) is 69.4 Å². The van der Waals surface area contributed by atoms with E-state index in [-0.39, 0.29) is 17.7 Å². The fourth-order valence-corrected chi connectivity index (χ4v) is 5.90. The summed E-state index contributed by atoms with van der Waals surface area (Å²) in [4.78, 5) is 25.6. The minimum Gasteiger partial charge on any atom is -0.481 e. The summed E-state index contributed by atoms with van der Waals surface area (Å²) in [7, 11) is -3.99. The fourth-order valence-electron chi connectivity index (χ4n) is 3.58. The maximum atomic E-state index is 13.2. The van der Waals surface area contributed by atoms with Gasteiger partial charge >= 0.3 is 11.9 Å². The lowest BCUT2D eigenvalue weighted by Gasteiger charge is -2.24. The van der Waals surface area contributed by atoms with E-state index in [0.717, 1.165) is 33.4 Å². The number of unbranched alkanes of at least 4 members (excludes halogenated alkanes) is 1. The number of aryl methyl sites for hydroxylation is 1. The third-order valence-electron chi connectivity index (χ3n) is 5.21. The van der Waals surface area contributed by atoms with Crippen LogP contribution in [0.25, 0.3) is 10.8 Å². The SMILES string of the molecule is CC(C)(C)OC(=O)[C@H](Cc1ccc(CCCCC(=O)O)s1)NS(=O)(=O)c1ccc2ccccc2c1. The smallest absolute Gasteiger partial charge is 0.325 e. The second-order valence-corrected chi connectivity index (χ2v) is 12.4. The lowest BCUT2D eigenvalue weighted by molar-refractivity contribution is -0.156. The predicted molar refractivity (Wildman–Crippen MR) is 137 cm³/mol. The average molecular weight is 518 g/mol. The van der Waals surface area contributed by atoms with E-state index in [0.29, 0.717) is 6.42 Å². The highest BCUT2D eigenvalue weighted by Gasteiger charge is 2.30. The molecule has 3 rings (SSSR count). The van der Waals surface area contributed by atoms with Gasteiger partial charge in [-0.25, -0.2) is 8.42 Å². The molecule has 0 radical (unpaired) electrons. The molecule has 0 spiro atoms. The molecule has 0 aliphatic heterocycles. The van der Waals surface area contributed by atoms with Crippen LogP contribution < -0.4 is 4.72 Å². The van der Waals surface area contributed by atoms with Crippen molar-refractivity contribution in [1.29, 1.82) is 0 Å². The lowest BCUT2D eigenvalue weighted by atomic mass is 10.1. The highest BCUT2D eigenvalue weighted by molar-refractivity contribution is 7.89. The fraction of sp³-hybridized carbons (Fsp3) is 0.385. The largest absolute Gasteiger partial charge is 0.481 e. The van der Waals surface area contributed by atoms with E-state index in [4.69, 9.17) is 9.84 Å². The number of aliphatic carboxylic acids is 1. The van der Waals surface area contributed by atoms with E-state index >= 15 is 0 Å². The van der Waals surface area contributed by atoms with Gasteiger partial charge in [0.15, 0.2) is 0 Å². The van der Waals surface area contributed by atoms with Crippen LogP contribution >= 0.6 is 11.3 Å². The van der Waals surface area contributed by atoms with Gasteiger partial charge in [-0.15, -0.1) is 11.3 Å². The maximum absolute atomic E-state index is 13.2. The molecule has 7 nitrogen and oxygen atoms in total. The molecule has 0 bridgehead atoms. The predicted octanol–water partition coefficient (Wildman–Crippen LogP) is 4.93. The van der Waals surface area contributed by atoms with Crippen LogP contribution in [-0.4, -0.2) is 37.1 Å². The molecule has 35 heavy (non-hydrogen) atoms. The molecule has 2 aromatic carbocycles. The van der Waals surface area contributed by atoms with Crippen molar-refractivity contribution in [2.75, 3.05) is 0 Å². The molecular weight excluding hydrogens is 486 g/mol. The number of hydrogen-bond acceptors (Lipinski definition) is 6. The monoisotopic (exact) mass is 517 g/mol. The first-order valence-corrected chi connectivity index (χ1v) is 13.8. The Hall–Kier alpha value is -2.75. The summed E-state index contributed by atoms with van der Waals surface area (Å²) in [5.41, 5.74) is -0.769. The Balaban J connectivity index is 1.78. The number of nitrogens with one attached hydrogen (secondary N) is 1. The molecule has 0 amide bonds. The number of carboxylic acids is 1. The van der Waals surface area contributed by atoms with Gasteiger partial charge in [-0.2, -0.15) is 4.72 Å². The molecule has 2 N–H and O–H groups in total. The van der Waals surface area contributed by atoms with Crippen molar-refractivity contribution >= 4 is 44.1 Å². The van der Waals surface area contributed by atoms with E-state index in [1.807, 2.05) is 36.4 Å². The number of fused-ring (bicyclic) bond motifs is 1. The molecule has 3 aromatic rings. The van der Waals surface area contributed by atoms with Gasteiger partial charge in [0.05, 0.1) is 4.90 Å². The quantitative estimate of drug-likeness (QED) is 0.276. The number of thiophene rings is 1. The summed E-state index contributed by atoms with van der Waals surface area (Å²) in [6.07, 6.45) is 2.36. The van der Waals surface area contributed by atoms with Gasteiger partial charge in [0.25, 0.3) is 0 Å². The Morgan fingerprint density at radius 2 is 1.69 bits per heavy atom. The lowest BCUT2D eigenvalue weighted by Crippen LogP contribution is -2.45. The molecule has 0 aliphatic rings. The molecule has 0 fully saturated rings. The van der Waals surface area contributed by atoms with Crippen molar-refractivity contribution in [3.05, 3.63) is 64.4 Å². The van der Waals surface area contributed by atoms with Crippen LogP contribution in [0.4, 0.5) is 0 Å². The van der Waals surface area contributed by atoms with Crippen molar-refractivity contribution in [1.82, 2.24) is 4.72 Å². The molecule has 1 heterocycles. The summed E-state index contributed by atoms with van der Waals surface area (Å²) >= 11 is 1.49. The van der Waals surface area contributed by atoms with E-state index in [9.17, 15) is 18.0 Å². The molecule has 0 aliphatic carbocycles. The Labute approximate surface area is 210 Å². The third-order valence-corrected chi connectivity index (χ3v) is 7.84. The highest BCUT2D eigenvalue weighted by Crippen LogP contribution is 2.23. The van der Waals surface area contributed by atoms with Crippen molar-refractivity contribution < 1.29 is 27.9 Å². The molecule has 0 saturated heterocycles. The van der Waals surface area contributed by atoms with Crippen LogP contribution in [0.5, 0.6) is 0 Å². The van der Waals surface area contributed by atoms with Crippen LogP contribution in [-0.2, 0) is 37.2 Å². The maximum Gasteiger partial charge on any atom is 0.325 e. The highest BCUT2D eigenvalue weighted by atomic mass is 32.2. The van der Waals surface area contributed by atoms with Gasteiger partial charge in [-0.05, 0) is 75.1 Å². The molecule has 0 saturated carbocycles. The number of carbonyl (C=O) groups is 2. The van der Waals surface area contributed by atoms with Gasteiger partial charge in [0.1, 0.15) is 11.6 Å². The zero-order chi connectivity index (χ0) is 25.6. The Kier molecular flexibility index (Phi) is 8.69. The Morgan fingerprint density at radius 3 is 2.37 bits per heavy atom. The van der Waals surface area contributed by atoms with Crippen LogP contribution in [0.1, 0.15) is 49.8 Å². The molecule has 0 unspecified atom stereocenters. The first-order chi connectivity index (χ1) is 16.4. The van der Waals surface area contributed by atoms with E-state index < -0.39 is 33.6 Å². The second-order valence-electron chi connectivity index (χ2n) is 9.39. The summed E-state index contributed by atoms with van der Waals surface area (Å²) in [6.45, 7) is 5.21.